The first-order valence-corrected chi connectivity index (χ1v) is 19.6. The maximum absolute atomic E-state index is 13.3. The van der Waals surface area contributed by atoms with E-state index in [-0.39, 0.29) is 10.0 Å². The first-order valence-electron chi connectivity index (χ1n) is 14.9. The SMILES string of the molecule is Cc1ccc(-n2nc([SH](C)(C)(C)C)cc2NC(=O)Nc2ccc(OC3=CCNC(Nc4cc(C)c5[nH]ncc5c4)=N3)c(Cl)c2Cl)cc1. The topological polar surface area (TPSA) is 133 Å². The zero-order chi connectivity index (χ0) is 33.5. The van der Waals surface area contributed by atoms with Gasteiger partial charge in [0.1, 0.15) is 16.6 Å². The van der Waals surface area contributed by atoms with Crippen molar-refractivity contribution in [3.63, 3.8) is 0 Å². The van der Waals surface area contributed by atoms with Gasteiger partial charge >= 0.3 is 6.03 Å². The van der Waals surface area contributed by atoms with E-state index in [9.17, 15) is 4.79 Å². The molecule has 1 aliphatic heterocycles. The third kappa shape index (κ3) is 7.19. The maximum atomic E-state index is 13.3. The number of hydrogen-bond donors (Lipinski definition) is 6. The number of guanidine groups is 1. The van der Waals surface area contributed by atoms with Crippen molar-refractivity contribution in [1.82, 2.24) is 25.3 Å². The van der Waals surface area contributed by atoms with Crippen LogP contribution in [0.25, 0.3) is 16.6 Å². The Labute approximate surface area is 283 Å². The van der Waals surface area contributed by atoms with E-state index < -0.39 is 15.2 Å². The van der Waals surface area contributed by atoms with E-state index in [1.54, 1.807) is 29.1 Å². The number of amides is 2. The van der Waals surface area contributed by atoms with Crippen LogP contribution in [0.2, 0.25) is 10.0 Å². The molecule has 47 heavy (non-hydrogen) atoms. The number of nitrogens with one attached hydrogen (secondary N) is 5. The van der Waals surface area contributed by atoms with Crippen molar-refractivity contribution in [1.29, 1.82) is 0 Å². The van der Waals surface area contributed by atoms with Crippen LogP contribution in [0.4, 0.5) is 22.0 Å². The van der Waals surface area contributed by atoms with Gasteiger partial charge in [-0.3, -0.25) is 19.6 Å². The molecule has 0 unspecified atom stereocenters. The molecule has 14 heteroatoms. The molecule has 3 aromatic carbocycles. The second-order valence-electron chi connectivity index (χ2n) is 13.3. The van der Waals surface area contributed by atoms with Crippen LogP contribution in [0.15, 0.2) is 82.8 Å². The molecule has 0 spiro atoms. The summed E-state index contributed by atoms with van der Waals surface area (Å²) in [6.07, 6.45) is 12.4. The monoisotopic (exact) mass is 693 g/mol. The number of aliphatic imine (C=N–C) groups is 1. The summed E-state index contributed by atoms with van der Waals surface area (Å²) in [7, 11) is -2.25. The second kappa shape index (κ2) is 12.2. The Kier molecular flexibility index (Phi) is 8.37. The number of thiol groups is 1. The molecule has 2 amide bonds. The van der Waals surface area contributed by atoms with Crippen LogP contribution in [0.3, 0.4) is 0 Å². The maximum Gasteiger partial charge on any atom is 0.324 e. The Morgan fingerprint density at radius 1 is 0.979 bits per heavy atom. The number of carbonyl (C=O) groups excluding carboxylic acids is 1. The molecule has 11 nitrogen and oxygen atoms in total. The fraction of sp³-hybridized carbons (Fsp3) is 0.212. The van der Waals surface area contributed by atoms with E-state index in [4.69, 9.17) is 33.0 Å². The largest absolute Gasteiger partial charge is 0.438 e. The quantitative estimate of drug-likeness (QED) is 0.0975. The molecule has 0 bridgehead atoms. The van der Waals surface area contributed by atoms with Crippen molar-refractivity contribution in [3.8, 4) is 11.4 Å². The molecular weight excluding hydrogens is 657 g/mol. The summed E-state index contributed by atoms with van der Waals surface area (Å²) in [5.74, 6) is 1.67. The van der Waals surface area contributed by atoms with Crippen LogP contribution >= 0.6 is 32.4 Å². The van der Waals surface area contributed by atoms with E-state index >= 15 is 0 Å². The van der Waals surface area contributed by atoms with Crippen LogP contribution in [-0.4, -0.2) is 63.5 Å². The van der Waals surface area contributed by atoms with Gasteiger partial charge in [0.05, 0.1) is 33.1 Å². The third-order valence-corrected chi connectivity index (χ3v) is 10.3. The summed E-state index contributed by atoms with van der Waals surface area (Å²) in [4.78, 5) is 17.8. The number of carbonyl (C=O) groups is 1. The number of nitrogens with zero attached hydrogens (tertiary/aromatic N) is 4. The summed E-state index contributed by atoms with van der Waals surface area (Å²) in [6.45, 7) is 4.51. The lowest BCUT2D eigenvalue weighted by atomic mass is 10.1. The van der Waals surface area contributed by atoms with E-state index in [2.05, 4.69) is 61.5 Å². The smallest absolute Gasteiger partial charge is 0.324 e. The first-order chi connectivity index (χ1) is 22.2. The number of benzene rings is 3. The number of anilines is 3. The molecule has 246 valence electrons. The molecule has 2 aromatic heterocycles. The van der Waals surface area contributed by atoms with E-state index in [0.717, 1.165) is 38.4 Å². The number of hydrogen-bond acceptors (Lipinski definition) is 7. The predicted molar refractivity (Wildman–Crippen MR) is 197 cm³/mol. The van der Waals surface area contributed by atoms with Gasteiger partial charge in [-0.25, -0.2) is 9.48 Å². The minimum Gasteiger partial charge on any atom is -0.438 e. The fourth-order valence-corrected chi connectivity index (χ4v) is 6.37. The molecule has 6 rings (SSSR count). The number of H-pyrrole nitrogens is 1. The molecule has 0 fully saturated rings. The molecule has 0 saturated heterocycles. The lowest BCUT2D eigenvalue weighted by Crippen LogP contribution is -2.34. The lowest BCUT2D eigenvalue weighted by molar-refractivity contribution is 0.262. The molecule has 0 radical (unpaired) electrons. The number of halogens is 2. The molecule has 0 atom stereocenters. The third-order valence-electron chi connectivity index (χ3n) is 7.42. The van der Waals surface area contributed by atoms with Crippen LogP contribution in [0, 0.1) is 13.8 Å². The summed E-state index contributed by atoms with van der Waals surface area (Å²) < 4.78 is 7.76. The van der Waals surface area contributed by atoms with Crippen molar-refractivity contribution in [2.24, 2.45) is 4.99 Å². The zero-order valence-corrected chi connectivity index (χ0v) is 29.3. The molecule has 0 saturated carbocycles. The second-order valence-corrected chi connectivity index (χ2v) is 21.6. The van der Waals surface area contributed by atoms with Gasteiger partial charge in [0.2, 0.25) is 11.8 Å². The van der Waals surface area contributed by atoms with Gasteiger partial charge in [-0.2, -0.15) is 15.2 Å². The number of aryl methyl sites for hydroxylation is 2. The number of aromatic nitrogens is 4. The van der Waals surface area contributed by atoms with Gasteiger partial charge < -0.3 is 20.7 Å². The van der Waals surface area contributed by atoms with Gasteiger partial charge in [0, 0.05) is 23.7 Å². The van der Waals surface area contributed by atoms with Gasteiger partial charge in [0.25, 0.3) is 0 Å². The summed E-state index contributed by atoms with van der Waals surface area (Å²) in [5, 5.41) is 26.4. The summed E-state index contributed by atoms with van der Waals surface area (Å²) in [5.41, 5.74) is 5.17. The van der Waals surface area contributed by atoms with Crippen molar-refractivity contribution in [2.45, 2.75) is 18.9 Å². The standard InChI is InChI=1S/C33H37Cl2N9O2S/c1-19-7-9-23(10-8-19)44-26(17-28(43-44)47(3,4,5)6)40-33(45)39-24-11-12-25(30(35)29(24)34)46-27-13-14-36-32(41-27)38-22-15-20(2)31-21(16-22)18-37-42-31/h7-13,15-18,47H,14H2,1-6H3,(H,37,42)(H2,36,38,41)(H2,39,40,45). The van der Waals surface area contributed by atoms with E-state index in [1.165, 1.54) is 0 Å². The molecule has 5 aromatic rings. The molecular formula is C33H37Cl2N9O2S. The Balaban J connectivity index is 1.16. The number of aromatic amines is 1. The summed E-state index contributed by atoms with van der Waals surface area (Å²) >= 11 is 13.2. The lowest BCUT2D eigenvalue weighted by Gasteiger charge is -2.44. The number of fused-ring (bicyclic) bond motifs is 1. The van der Waals surface area contributed by atoms with Crippen LogP contribution < -0.4 is 26.0 Å². The highest BCUT2D eigenvalue weighted by Gasteiger charge is 2.27. The van der Waals surface area contributed by atoms with E-state index in [0.29, 0.717) is 35.6 Å². The Hall–Kier alpha value is -4.65. The first kappa shape index (κ1) is 32.3. The number of urea groups is 1. The number of ether oxygens (including phenoxy) is 1. The van der Waals surface area contributed by atoms with Crippen LogP contribution in [-0.2, 0) is 0 Å². The van der Waals surface area contributed by atoms with Gasteiger partial charge in [-0.15, -0.1) is 0 Å². The van der Waals surface area contributed by atoms with Gasteiger partial charge in [-0.05, 0) is 86.9 Å². The highest BCUT2D eigenvalue weighted by Crippen LogP contribution is 2.63. The summed E-state index contributed by atoms with van der Waals surface area (Å²) in [6, 6.07) is 16.6. The van der Waals surface area contributed by atoms with Crippen molar-refractivity contribution < 1.29 is 9.53 Å². The van der Waals surface area contributed by atoms with Crippen LogP contribution in [0.5, 0.6) is 5.75 Å². The van der Waals surface area contributed by atoms with Crippen molar-refractivity contribution in [2.75, 3.05) is 47.5 Å². The van der Waals surface area contributed by atoms with Gasteiger partial charge in [0.15, 0.2) is 0 Å². The zero-order valence-electron chi connectivity index (χ0n) is 26.9. The minimum absolute atomic E-state index is 0.127. The normalized spacial score (nSPS) is 14.0. The van der Waals surface area contributed by atoms with Crippen LogP contribution in [0.1, 0.15) is 11.1 Å². The molecule has 3 heterocycles. The molecule has 1 aliphatic rings. The molecule has 0 aliphatic carbocycles. The van der Waals surface area contributed by atoms with Crippen molar-refractivity contribution >= 4 is 72.4 Å². The Morgan fingerprint density at radius 2 is 1.74 bits per heavy atom. The Morgan fingerprint density at radius 3 is 2.49 bits per heavy atom. The minimum atomic E-state index is -2.25. The highest BCUT2D eigenvalue weighted by molar-refractivity contribution is 8.47. The average molecular weight is 695 g/mol. The Bertz CT molecular complexity index is 2070. The fourth-order valence-electron chi connectivity index (χ4n) is 4.88. The number of rotatable bonds is 7. The van der Waals surface area contributed by atoms with Crippen molar-refractivity contribution in [3.05, 3.63) is 93.9 Å². The highest BCUT2D eigenvalue weighted by atomic mass is 35.5. The van der Waals surface area contributed by atoms with Gasteiger partial charge in [-0.1, -0.05) is 40.9 Å². The average Bonchev–Trinajstić information content (AvgIpc) is 3.65. The predicted octanol–water partition coefficient (Wildman–Crippen LogP) is 7.56. The molecule has 5 N–H and O–H groups in total. The van der Waals surface area contributed by atoms with E-state index in [1.807, 2.05) is 56.3 Å².